The minimum atomic E-state index is -0.375. The van der Waals surface area contributed by atoms with Gasteiger partial charge in [0.2, 0.25) is 0 Å². The third kappa shape index (κ3) is 3.35. The molecule has 0 atom stereocenters. The molecule has 0 saturated carbocycles. The van der Waals surface area contributed by atoms with Crippen molar-refractivity contribution in [2.75, 3.05) is 6.54 Å². The van der Waals surface area contributed by atoms with Gasteiger partial charge in [-0.05, 0) is 31.0 Å². The Morgan fingerprint density at radius 3 is 2.58 bits per heavy atom. The Bertz CT molecular complexity index is 843. The van der Waals surface area contributed by atoms with Crippen LogP contribution in [0.5, 0.6) is 0 Å². The van der Waals surface area contributed by atoms with E-state index in [1.54, 1.807) is 25.1 Å². The number of nitrogens with zero attached hydrogens (tertiary/aromatic N) is 2. The number of hydrogen-bond donors (Lipinski definition) is 1. The number of carbonyl (C=O) groups is 1. The Morgan fingerprint density at radius 2 is 1.83 bits per heavy atom. The summed E-state index contributed by atoms with van der Waals surface area (Å²) < 4.78 is 15.3. The van der Waals surface area contributed by atoms with Crippen molar-refractivity contribution in [2.24, 2.45) is 0 Å². The summed E-state index contributed by atoms with van der Waals surface area (Å²) in [7, 11) is 0. The molecule has 2 aromatic carbocycles. The smallest absolute Gasteiger partial charge is 0.254 e. The van der Waals surface area contributed by atoms with Crippen LogP contribution in [-0.4, -0.2) is 22.2 Å². The van der Waals surface area contributed by atoms with Gasteiger partial charge in [0, 0.05) is 6.54 Å². The van der Waals surface area contributed by atoms with Gasteiger partial charge in [-0.1, -0.05) is 42.5 Å². The van der Waals surface area contributed by atoms with E-state index in [0.29, 0.717) is 23.5 Å². The van der Waals surface area contributed by atoms with Crippen molar-refractivity contribution in [1.82, 2.24) is 15.1 Å². The number of amides is 1. The summed E-state index contributed by atoms with van der Waals surface area (Å²) in [6, 6.07) is 16.3. The molecule has 1 aromatic heterocycles. The monoisotopic (exact) mass is 323 g/mol. The number of halogens is 1. The highest BCUT2D eigenvalue weighted by Crippen LogP contribution is 2.17. The van der Waals surface area contributed by atoms with Crippen LogP contribution < -0.4 is 5.32 Å². The summed E-state index contributed by atoms with van der Waals surface area (Å²) in [6.07, 6.45) is 2.23. The summed E-state index contributed by atoms with van der Waals surface area (Å²) in [5.74, 6) is -0.578. The van der Waals surface area contributed by atoms with E-state index < -0.39 is 0 Å². The first-order valence-corrected chi connectivity index (χ1v) is 7.78. The molecule has 3 aromatic rings. The van der Waals surface area contributed by atoms with Gasteiger partial charge in [0.1, 0.15) is 11.5 Å². The van der Waals surface area contributed by atoms with Gasteiger partial charge in [-0.25, -0.2) is 9.07 Å². The first kappa shape index (κ1) is 15.9. The highest BCUT2D eigenvalue weighted by atomic mass is 19.1. The average Bonchev–Trinajstić information content (AvgIpc) is 2.98. The molecule has 0 bridgehead atoms. The highest BCUT2D eigenvalue weighted by Gasteiger charge is 2.16. The summed E-state index contributed by atoms with van der Waals surface area (Å²) in [6.45, 7) is 2.29. The number of aromatic nitrogens is 2. The van der Waals surface area contributed by atoms with Gasteiger partial charge in [0.05, 0.1) is 17.5 Å². The van der Waals surface area contributed by atoms with Crippen molar-refractivity contribution >= 4 is 5.91 Å². The van der Waals surface area contributed by atoms with E-state index in [4.69, 9.17) is 0 Å². The Morgan fingerprint density at radius 1 is 1.12 bits per heavy atom. The van der Waals surface area contributed by atoms with Crippen LogP contribution in [-0.2, 0) is 6.42 Å². The molecule has 3 rings (SSSR count). The average molecular weight is 323 g/mol. The van der Waals surface area contributed by atoms with Crippen LogP contribution in [0.25, 0.3) is 5.69 Å². The third-order valence-corrected chi connectivity index (χ3v) is 3.88. The van der Waals surface area contributed by atoms with E-state index >= 15 is 0 Å². The van der Waals surface area contributed by atoms with Gasteiger partial charge >= 0.3 is 0 Å². The van der Waals surface area contributed by atoms with E-state index in [1.807, 2.05) is 30.3 Å². The summed E-state index contributed by atoms with van der Waals surface area (Å²) >= 11 is 0. The molecule has 0 spiro atoms. The zero-order valence-electron chi connectivity index (χ0n) is 13.4. The van der Waals surface area contributed by atoms with Gasteiger partial charge in [-0.15, -0.1) is 0 Å². The molecule has 0 aliphatic heterocycles. The molecule has 0 fully saturated rings. The van der Waals surface area contributed by atoms with Crippen LogP contribution in [0.15, 0.2) is 60.8 Å². The van der Waals surface area contributed by atoms with E-state index in [0.717, 1.165) is 12.0 Å². The van der Waals surface area contributed by atoms with Crippen LogP contribution in [0, 0.1) is 12.7 Å². The van der Waals surface area contributed by atoms with Gasteiger partial charge in [-0.3, -0.25) is 4.79 Å². The third-order valence-electron chi connectivity index (χ3n) is 3.88. The number of carbonyl (C=O) groups excluding carboxylic acids is 1. The minimum absolute atomic E-state index is 0.203. The summed E-state index contributed by atoms with van der Waals surface area (Å²) in [5, 5.41) is 7.03. The fraction of sp³-hybridized carbons (Fsp3) is 0.158. The van der Waals surface area contributed by atoms with Crippen molar-refractivity contribution in [3.8, 4) is 5.69 Å². The summed E-state index contributed by atoms with van der Waals surface area (Å²) in [5.41, 5.74) is 2.55. The highest BCUT2D eigenvalue weighted by molar-refractivity contribution is 5.95. The van der Waals surface area contributed by atoms with E-state index in [2.05, 4.69) is 10.4 Å². The van der Waals surface area contributed by atoms with E-state index in [1.165, 1.54) is 16.9 Å². The van der Waals surface area contributed by atoms with E-state index in [-0.39, 0.29) is 11.7 Å². The predicted molar refractivity (Wildman–Crippen MR) is 90.7 cm³/mol. The zero-order chi connectivity index (χ0) is 16.9. The second-order valence-corrected chi connectivity index (χ2v) is 5.50. The molecule has 0 radical (unpaired) electrons. The fourth-order valence-electron chi connectivity index (χ4n) is 2.56. The first-order valence-electron chi connectivity index (χ1n) is 7.78. The van der Waals surface area contributed by atoms with Gasteiger partial charge in [0.25, 0.3) is 5.91 Å². The standard InChI is InChI=1S/C19H18FN3O/c1-14-16(13-22-23(14)18-10-6-5-9-17(18)20)19(24)21-12-11-15-7-3-2-4-8-15/h2-10,13H,11-12H2,1H3,(H,21,24). The summed E-state index contributed by atoms with van der Waals surface area (Å²) in [4.78, 5) is 12.3. The minimum Gasteiger partial charge on any atom is -0.352 e. The topological polar surface area (TPSA) is 46.9 Å². The molecule has 1 heterocycles. The molecule has 0 unspecified atom stereocenters. The lowest BCUT2D eigenvalue weighted by atomic mass is 10.1. The molecule has 4 nitrogen and oxygen atoms in total. The van der Waals surface area contributed by atoms with Crippen molar-refractivity contribution < 1.29 is 9.18 Å². The Kier molecular flexibility index (Phi) is 4.70. The fourth-order valence-corrected chi connectivity index (χ4v) is 2.56. The van der Waals surface area contributed by atoms with Crippen LogP contribution in [0.3, 0.4) is 0 Å². The largest absolute Gasteiger partial charge is 0.352 e. The van der Waals surface area contributed by atoms with Gasteiger partial charge in [-0.2, -0.15) is 5.10 Å². The number of para-hydroxylation sites is 1. The maximum atomic E-state index is 13.9. The zero-order valence-corrected chi connectivity index (χ0v) is 13.4. The van der Waals surface area contributed by atoms with Crippen LogP contribution in [0.4, 0.5) is 4.39 Å². The Labute approximate surface area is 139 Å². The van der Waals surface area contributed by atoms with Crippen molar-refractivity contribution in [3.05, 3.63) is 83.4 Å². The maximum absolute atomic E-state index is 13.9. The molecule has 122 valence electrons. The molecule has 24 heavy (non-hydrogen) atoms. The number of rotatable bonds is 5. The Balaban J connectivity index is 1.69. The second-order valence-electron chi connectivity index (χ2n) is 5.50. The van der Waals surface area contributed by atoms with Crippen molar-refractivity contribution in [3.63, 3.8) is 0 Å². The molecule has 0 aliphatic carbocycles. The first-order chi connectivity index (χ1) is 11.7. The number of hydrogen-bond acceptors (Lipinski definition) is 2. The SMILES string of the molecule is Cc1c(C(=O)NCCc2ccccc2)cnn1-c1ccccc1F. The number of benzene rings is 2. The molecular formula is C19H18FN3O. The van der Waals surface area contributed by atoms with Crippen LogP contribution in [0.2, 0.25) is 0 Å². The number of nitrogens with one attached hydrogen (secondary N) is 1. The van der Waals surface area contributed by atoms with Crippen molar-refractivity contribution in [2.45, 2.75) is 13.3 Å². The van der Waals surface area contributed by atoms with E-state index in [9.17, 15) is 9.18 Å². The molecule has 1 amide bonds. The molecule has 1 N–H and O–H groups in total. The molecule has 0 aliphatic rings. The maximum Gasteiger partial charge on any atom is 0.254 e. The predicted octanol–water partition coefficient (Wildman–Crippen LogP) is 3.29. The quantitative estimate of drug-likeness (QED) is 0.783. The second kappa shape index (κ2) is 7.08. The van der Waals surface area contributed by atoms with Gasteiger partial charge in [0.15, 0.2) is 0 Å². The van der Waals surface area contributed by atoms with Crippen LogP contribution in [0.1, 0.15) is 21.6 Å². The lowest BCUT2D eigenvalue weighted by Crippen LogP contribution is -2.26. The molecular weight excluding hydrogens is 305 g/mol. The lowest BCUT2D eigenvalue weighted by Gasteiger charge is -2.07. The van der Waals surface area contributed by atoms with Crippen LogP contribution >= 0.6 is 0 Å². The lowest BCUT2D eigenvalue weighted by molar-refractivity contribution is 0.0953. The Hall–Kier alpha value is -2.95. The molecule has 0 saturated heterocycles. The normalized spacial score (nSPS) is 10.6. The molecule has 5 heteroatoms. The van der Waals surface area contributed by atoms with Crippen molar-refractivity contribution in [1.29, 1.82) is 0 Å². The van der Waals surface area contributed by atoms with Gasteiger partial charge < -0.3 is 5.32 Å².